The summed E-state index contributed by atoms with van der Waals surface area (Å²) in [5.74, 6) is 0.584. The van der Waals surface area contributed by atoms with Gasteiger partial charge in [0.25, 0.3) is 0 Å². The van der Waals surface area contributed by atoms with Gasteiger partial charge in [-0.2, -0.15) is 0 Å². The Hall–Kier alpha value is -1.67. The van der Waals surface area contributed by atoms with Crippen LogP contribution in [-0.2, 0) is 11.3 Å². The van der Waals surface area contributed by atoms with Crippen molar-refractivity contribution in [3.63, 3.8) is 0 Å². The predicted octanol–water partition coefficient (Wildman–Crippen LogP) is 3.59. The molecule has 0 amide bonds. The fourth-order valence-corrected chi connectivity index (χ4v) is 3.55. The predicted molar refractivity (Wildman–Crippen MR) is 92.6 cm³/mol. The fourth-order valence-electron chi connectivity index (χ4n) is 2.16. The summed E-state index contributed by atoms with van der Waals surface area (Å²) >= 11 is 4.88. The number of halogens is 1. The van der Waals surface area contributed by atoms with Crippen LogP contribution >= 0.6 is 27.7 Å². The third-order valence-corrected chi connectivity index (χ3v) is 4.69. The van der Waals surface area contributed by atoms with Crippen molar-refractivity contribution in [3.05, 3.63) is 44.7 Å². The fraction of sp³-hybridized carbons (Fsp3) is 0.333. The van der Waals surface area contributed by atoms with Crippen LogP contribution in [0.25, 0.3) is 11.0 Å². The molecule has 0 aliphatic heterocycles. The zero-order chi connectivity index (χ0) is 16.6. The maximum absolute atomic E-state index is 11.8. The van der Waals surface area contributed by atoms with Gasteiger partial charge in [-0.25, -0.2) is 9.48 Å². The SMILES string of the molecule is CC(C)(C)n1nnnc1SCc1cc(=O)oc2cc(Br)ccc12. The van der Waals surface area contributed by atoms with Crippen molar-refractivity contribution in [3.8, 4) is 0 Å². The molecule has 23 heavy (non-hydrogen) atoms. The van der Waals surface area contributed by atoms with Gasteiger partial charge < -0.3 is 4.42 Å². The smallest absolute Gasteiger partial charge is 0.336 e. The highest BCUT2D eigenvalue weighted by Gasteiger charge is 2.20. The molecule has 2 aromatic heterocycles. The Labute approximate surface area is 145 Å². The van der Waals surface area contributed by atoms with E-state index in [9.17, 15) is 4.79 Å². The summed E-state index contributed by atoms with van der Waals surface area (Å²) in [6, 6.07) is 7.18. The number of nitrogens with zero attached hydrogens (tertiary/aromatic N) is 4. The molecular formula is C15H15BrN4O2S. The maximum atomic E-state index is 11.8. The molecular weight excluding hydrogens is 380 g/mol. The van der Waals surface area contributed by atoms with E-state index in [1.807, 2.05) is 32.9 Å². The monoisotopic (exact) mass is 394 g/mol. The molecule has 0 bridgehead atoms. The number of thioether (sulfide) groups is 1. The zero-order valence-corrected chi connectivity index (χ0v) is 15.3. The lowest BCUT2D eigenvalue weighted by Gasteiger charge is -2.19. The zero-order valence-electron chi connectivity index (χ0n) is 12.9. The minimum Gasteiger partial charge on any atom is -0.423 e. The molecule has 0 aliphatic rings. The lowest BCUT2D eigenvalue weighted by molar-refractivity contribution is 0.321. The first-order chi connectivity index (χ1) is 10.8. The van der Waals surface area contributed by atoms with Crippen molar-refractivity contribution in [2.45, 2.75) is 37.2 Å². The van der Waals surface area contributed by atoms with E-state index < -0.39 is 0 Å². The first kappa shape index (κ1) is 16.2. The number of fused-ring (bicyclic) bond motifs is 1. The van der Waals surface area contributed by atoms with E-state index in [4.69, 9.17) is 4.42 Å². The van der Waals surface area contributed by atoms with Crippen LogP contribution in [0.4, 0.5) is 0 Å². The topological polar surface area (TPSA) is 73.8 Å². The molecule has 1 aromatic carbocycles. The van der Waals surface area contributed by atoms with Gasteiger partial charge in [0.2, 0.25) is 5.16 Å². The summed E-state index contributed by atoms with van der Waals surface area (Å²) in [5.41, 5.74) is 0.908. The molecule has 0 atom stereocenters. The van der Waals surface area contributed by atoms with E-state index in [0.29, 0.717) is 11.3 Å². The molecule has 8 heteroatoms. The molecule has 0 N–H and O–H groups in total. The highest BCUT2D eigenvalue weighted by molar-refractivity contribution is 9.10. The van der Waals surface area contributed by atoms with Gasteiger partial charge in [0, 0.05) is 21.7 Å². The summed E-state index contributed by atoms with van der Waals surface area (Å²) < 4.78 is 7.91. The maximum Gasteiger partial charge on any atom is 0.336 e. The molecule has 3 aromatic rings. The van der Waals surface area contributed by atoms with Crippen LogP contribution < -0.4 is 5.63 Å². The summed E-state index contributed by atoms with van der Waals surface area (Å²) in [6.07, 6.45) is 0. The molecule has 0 spiro atoms. The van der Waals surface area contributed by atoms with E-state index in [1.54, 1.807) is 10.7 Å². The Balaban J connectivity index is 1.94. The van der Waals surface area contributed by atoms with Crippen molar-refractivity contribution in [2.75, 3.05) is 0 Å². The molecule has 0 fully saturated rings. The molecule has 0 aliphatic carbocycles. The summed E-state index contributed by atoms with van der Waals surface area (Å²) in [6.45, 7) is 6.12. The van der Waals surface area contributed by atoms with Crippen molar-refractivity contribution in [1.29, 1.82) is 0 Å². The minimum absolute atomic E-state index is 0.200. The molecule has 120 valence electrons. The van der Waals surface area contributed by atoms with E-state index in [2.05, 4.69) is 31.5 Å². The first-order valence-electron chi connectivity index (χ1n) is 6.98. The second-order valence-electron chi connectivity index (χ2n) is 6.06. The number of hydrogen-bond acceptors (Lipinski definition) is 6. The number of tetrazole rings is 1. The number of benzene rings is 1. The van der Waals surface area contributed by atoms with Gasteiger partial charge in [-0.1, -0.05) is 27.7 Å². The third-order valence-electron chi connectivity index (χ3n) is 3.23. The summed E-state index contributed by atoms with van der Waals surface area (Å²) in [5, 5.41) is 13.5. The van der Waals surface area contributed by atoms with Gasteiger partial charge in [-0.15, -0.1) is 5.10 Å². The average molecular weight is 395 g/mol. The van der Waals surface area contributed by atoms with E-state index >= 15 is 0 Å². The highest BCUT2D eigenvalue weighted by Crippen LogP contribution is 2.28. The van der Waals surface area contributed by atoms with Crippen LogP contribution in [0.15, 0.2) is 43.1 Å². The Morgan fingerprint density at radius 2 is 2.09 bits per heavy atom. The van der Waals surface area contributed by atoms with Gasteiger partial charge in [0.05, 0.1) is 5.54 Å². The number of rotatable bonds is 3. The van der Waals surface area contributed by atoms with Gasteiger partial charge >= 0.3 is 5.63 Å². The molecule has 0 unspecified atom stereocenters. The van der Waals surface area contributed by atoms with Gasteiger partial charge in [-0.05, 0) is 55.0 Å². The first-order valence-corrected chi connectivity index (χ1v) is 8.76. The Bertz CT molecular complexity index is 914. The second-order valence-corrected chi connectivity index (χ2v) is 7.92. The molecule has 0 radical (unpaired) electrons. The van der Waals surface area contributed by atoms with Crippen molar-refractivity contribution in [2.24, 2.45) is 0 Å². The standard InChI is InChI=1S/C15H15BrN4O2S/c1-15(2,3)20-14(17-18-19-20)23-8-9-6-13(21)22-12-7-10(16)4-5-11(9)12/h4-7H,8H2,1-3H3. The molecule has 0 saturated heterocycles. The molecule has 3 rings (SSSR count). The summed E-state index contributed by atoms with van der Waals surface area (Å²) in [7, 11) is 0. The molecule has 0 saturated carbocycles. The minimum atomic E-state index is -0.360. The van der Waals surface area contributed by atoms with Crippen LogP contribution in [0.2, 0.25) is 0 Å². The van der Waals surface area contributed by atoms with E-state index in [1.165, 1.54) is 17.8 Å². The summed E-state index contributed by atoms with van der Waals surface area (Å²) in [4.78, 5) is 11.8. The van der Waals surface area contributed by atoms with Crippen LogP contribution in [0, 0.1) is 0 Å². The van der Waals surface area contributed by atoms with Crippen LogP contribution in [0.5, 0.6) is 0 Å². The number of hydrogen-bond donors (Lipinski definition) is 0. The quantitative estimate of drug-likeness (QED) is 0.499. The highest BCUT2D eigenvalue weighted by atomic mass is 79.9. The average Bonchev–Trinajstić information content (AvgIpc) is 2.92. The van der Waals surface area contributed by atoms with Crippen LogP contribution in [0.3, 0.4) is 0 Å². The van der Waals surface area contributed by atoms with Crippen LogP contribution in [-0.4, -0.2) is 20.2 Å². The lowest BCUT2D eigenvalue weighted by atomic mass is 10.1. The Kier molecular flexibility index (Phi) is 4.29. The van der Waals surface area contributed by atoms with Gasteiger partial charge in [0.15, 0.2) is 0 Å². The van der Waals surface area contributed by atoms with Crippen molar-refractivity contribution in [1.82, 2.24) is 20.2 Å². The molecule has 6 nitrogen and oxygen atoms in total. The number of aromatic nitrogens is 4. The Morgan fingerprint density at radius 3 is 2.83 bits per heavy atom. The van der Waals surface area contributed by atoms with Crippen molar-refractivity contribution < 1.29 is 4.42 Å². The van der Waals surface area contributed by atoms with Gasteiger partial charge in [-0.3, -0.25) is 0 Å². The van der Waals surface area contributed by atoms with Crippen LogP contribution in [0.1, 0.15) is 26.3 Å². The van der Waals surface area contributed by atoms with E-state index in [0.717, 1.165) is 20.6 Å². The lowest BCUT2D eigenvalue weighted by Crippen LogP contribution is -2.24. The van der Waals surface area contributed by atoms with Gasteiger partial charge in [0.1, 0.15) is 5.58 Å². The third kappa shape index (κ3) is 3.48. The van der Waals surface area contributed by atoms with E-state index in [-0.39, 0.29) is 11.2 Å². The van der Waals surface area contributed by atoms with Crippen molar-refractivity contribution >= 4 is 38.7 Å². The largest absolute Gasteiger partial charge is 0.423 e. The Morgan fingerprint density at radius 1 is 1.30 bits per heavy atom. The molecule has 2 heterocycles. The second kappa shape index (κ2) is 6.09. The normalized spacial score (nSPS) is 12.0.